The zero-order valence-corrected chi connectivity index (χ0v) is 14.6. The maximum Gasteiger partial charge on any atom is 0.255 e. The van der Waals surface area contributed by atoms with E-state index in [1.54, 1.807) is 12.1 Å². The Hall–Kier alpha value is -1.13. The predicted octanol–water partition coefficient (Wildman–Crippen LogP) is 4.05. The van der Waals surface area contributed by atoms with Gasteiger partial charge in [0.15, 0.2) is 0 Å². The van der Waals surface area contributed by atoms with Crippen LogP contribution in [-0.4, -0.2) is 19.1 Å². The number of carbonyl (C=O) groups excluding carboxylic acids is 1. The number of carbonyl (C=O) groups is 1. The van der Waals surface area contributed by atoms with E-state index in [0.717, 1.165) is 12.8 Å². The Balaban J connectivity index is 0.00000242. The highest BCUT2D eigenvalue weighted by Crippen LogP contribution is 2.30. The molecule has 1 aromatic rings. The summed E-state index contributed by atoms with van der Waals surface area (Å²) in [4.78, 5) is 12.5. The minimum atomic E-state index is -0.143. The van der Waals surface area contributed by atoms with Gasteiger partial charge < -0.3 is 15.8 Å². The number of hydrogen-bond donors (Lipinski definition) is 2. The van der Waals surface area contributed by atoms with Crippen molar-refractivity contribution in [3.63, 3.8) is 0 Å². The third-order valence-corrected chi connectivity index (χ3v) is 4.59. The van der Waals surface area contributed by atoms with Crippen LogP contribution < -0.4 is 15.8 Å². The molecule has 3 N–H and O–H groups in total. The summed E-state index contributed by atoms with van der Waals surface area (Å²) < 4.78 is 5.23. The SMILES string of the molecule is CCC1CCCC(NC(=O)c2cc(Cl)c(N)cc2OC)C1.Cl. The molecule has 2 rings (SSSR count). The summed E-state index contributed by atoms with van der Waals surface area (Å²) in [5, 5.41) is 3.47. The zero-order valence-electron chi connectivity index (χ0n) is 13.0. The van der Waals surface area contributed by atoms with Crippen molar-refractivity contribution in [2.75, 3.05) is 12.8 Å². The van der Waals surface area contributed by atoms with E-state index in [1.165, 1.54) is 26.4 Å². The molecule has 22 heavy (non-hydrogen) atoms. The van der Waals surface area contributed by atoms with Crippen molar-refractivity contribution < 1.29 is 9.53 Å². The summed E-state index contributed by atoms with van der Waals surface area (Å²) in [7, 11) is 1.52. The standard InChI is InChI=1S/C16H23ClN2O2.ClH/c1-3-10-5-4-6-11(7-10)19-16(20)12-8-13(17)14(18)9-15(12)21-2;/h8-11H,3-7,18H2,1-2H3,(H,19,20);1H. The summed E-state index contributed by atoms with van der Waals surface area (Å²) in [5.41, 5.74) is 6.59. The first-order chi connectivity index (χ1) is 10.0. The molecule has 0 aliphatic heterocycles. The fourth-order valence-electron chi connectivity index (χ4n) is 2.97. The molecule has 4 nitrogen and oxygen atoms in total. The number of nitrogen functional groups attached to an aromatic ring is 1. The minimum absolute atomic E-state index is 0. The zero-order chi connectivity index (χ0) is 15.4. The smallest absolute Gasteiger partial charge is 0.255 e. The van der Waals surface area contributed by atoms with Crippen LogP contribution in [0, 0.1) is 5.92 Å². The molecule has 1 amide bonds. The molecule has 0 heterocycles. The van der Waals surface area contributed by atoms with Gasteiger partial charge in [0, 0.05) is 12.1 Å². The first kappa shape index (κ1) is 18.9. The van der Waals surface area contributed by atoms with Crippen molar-refractivity contribution in [2.24, 2.45) is 5.92 Å². The minimum Gasteiger partial charge on any atom is -0.496 e. The molecule has 0 aromatic heterocycles. The average molecular weight is 347 g/mol. The van der Waals surface area contributed by atoms with Gasteiger partial charge in [-0.05, 0) is 24.8 Å². The summed E-state index contributed by atoms with van der Waals surface area (Å²) in [5.74, 6) is 1.02. The lowest BCUT2D eigenvalue weighted by molar-refractivity contribution is 0.0916. The van der Waals surface area contributed by atoms with E-state index in [0.29, 0.717) is 27.9 Å². The second-order valence-corrected chi connectivity index (χ2v) is 6.09. The highest BCUT2D eigenvalue weighted by Gasteiger charge is 2.24. The molecule has 2 atom stereocenters. The van der Waals surface area contributed by atoms with Gasteiger partial charge in [0.05, 0.1) is 23.4 Å². The third-order valence-electron chi connectivity index (χ3n) is 4.26. The molecule has 1 aromatic carbocycles. The van der Waals surface area contributed by atoms with E-state index < -0.39 is 0 Å². The Labute approximate surface area is 143 Å². The number of methoxy groups -OCH3 is 1. The number of hydrogen-bond acceptors (Lipinski definition) is 3. The molecule has 1 aliphatic carbocycles. The number of rotatable bonds is 4. The number of anilines is 1. The Bertz CT molecular complexity index is 523. The van der Waals surface area contributed by atoms with Gasteiger partial charge in [0.2, 0.25) is 0 Å². The molecular formula is C16H24Cl2N2O2. The third kappa shape index (κ3) is 4.43. The van der Waals surface area contributed by atoms with E-state index in [-0.39, 0.29) is 24.4 Å². The van der Waals surface area contributed by atoms with E-state index in [2.05, 4.69) is 12.2 Å². The van der Waals surface area contributed by atoms with E-state index in [1.807, 2.05) is 0 Å². The predicted molar refractivity (Wildman–Crippen MR) is 93.2 cm³/mol. The molecule has 2 unspecified atom stereocenters. The quantitative estimate of drug-likeness (QED) is 0.808. The van der Waals surface area contributed by atoms with Gasteiger partial charge in [-0.2, -0.15) is 0 Å². The van der Waals surface area contributed by atoms with Crippen LogP contribution in [0.15, 0.2) is 12.1 Å². The Kier molecular flexibility index (Phi) is 7.30. The lowest BCUT2D eigenvalue weighted by atomic mass is 9.84. The van der Waals surface area contributed by atoms with E-state index in [4.69, 9.17) is 22.1 Å². The number of nitrogens with one attached hydrogen (secondary N) is 1. The van der Waals surface area contributed by atoms with E-state index in [9.17, 15) is 4.79 Å². The second kappa shape index (κ2) is 8.49. The molecule has 124 valence electrons. The van der Waals surface area contributed by atoms with Crippen LogP contribution in [0.1, 0.15) is 49.4 Å². The molecule has 0 saturated heterocycles. The van der Waals surface area contributed by atoms with Gasteiger partial charge in [0.1, 0.15) is 5.75 Å². The molecule has 6 heteroatoms. The summed E-state index contributed by atoms with van der Waals surface area (Å²) in [6.07, 6.45) is 5.69. The van der Waals surface area contributed by atoms with Crippen molar-refractivity contribution in [1.82, 2.24) is 5.32 Å². The average Bonchev–Trinajstić information content (AvgIpc) is 2.49. The molecule has 1 aliphatic rings. The fraction of sp³-hybridized carbons (Fsp3) is 0.562. The van der Waals surface area contributed by atoms with Crippen molar-refractivity contribution in [1.29, 1.82) is 0 Å². The van der Waals surface area contributed by atoms with Gasteiger partial charge in [-0.15, -0.1) is 12.4 Å². The van der Waals surface area contributed by atoms with Gasteiger partial charge in [0.25, 0.3) is 5.91 Å². The van der Waals surface area contributed by atoms with E-state index >= 15 is 0 Å². The first-order valence-electron chi connectivity index (χ1n) is 7.49. The number of nitrogens with two attached hydrogens (primary N) is 1. The van der Waals surface area contributed by atoms with Crippen LogP contribution in [0.4, 0.5) is 5.69 Å². The lowest BCUT2D eigenvalue weighted by Gasteiger charge is -2.29. The van der Waals surface area contributed by atoms with Crippen LogP contribution in [-0.2, 0) is 0 Å². The molecule has 1 saturated carbocycles. The van der Waals surface area contributed by atoms with Crippen molar-refractivity contribution >= 4 is 35.6 Å². The molecule has 1 fully saturated rings. The van der Waals surface area contributed by atoms with Crippen molar-refractivity contribution in [2.45, 2.75) is 45.1 Å². The Morgan fingerprint density at radius 2 is 2.18 bits per heavy atom. The van der Waals surface area contributed by atoms with Gasteiger partial charge in [-0.3, -0.25) is 4.79 Å². The Morgan fingerprint density at radius 1 is 1.45 bits per heavy atom. The second-order valence-electron chi connectivity index (χ2n) is 5.69. The maximum absolute atomic E-state index is 12.5. The van der Waals surface area contributed by atoms with Crippen LogP contribution in [0.2, 0.25) is 5.02 Å². The maximum atomic E-state index is 12.5. The molecule has 0 bridgehead atoms. The van der Waals surface area contributed by atoms with Gasteiger partial charge >= 0.3 is 0 Å². The highest BCUT2D eigenvalue weighted by atomic mass is 35.5. The topological polar surface area (TPSA) is 64.4 Å². The fourth-order valence-corrected chi connectivity index (χ4v) is 3.14. The summed E-state index contributed by atoms with van der Waals surface area (Å²) >= 11 is 6.01. The van der Waals surface area contributed by atoms with Crippen LogP contribution in [0.3, 0.4) is 0 Å². The van der Waals surface area contributed by atoms with Crippen LogP contribution in [0.25, 0.3) is 0 Å². The Morgan fingerprint density at radius 3 is 2.82 bits per heavy atom. The number of halogens is 2. The van der Waals surface area contributed by atoms with Crippen molar-refractivity contribution in [3.05, 3.63) is 22.7 Å². The molecule has 0 radical (unpaired) electrons. The van der Waals surface area contributed by atoms with Crippen molar-refractivity contribution in [3.8, 4) is 5.75 Å². The van der Waals surface area contributed by atoms with Crippen LogP contribution >= 0.6 is 24.0 Å². The molecular weight excluding hydrogens is 323 g/mol. The number of ether oxygens (including phenoxy) is 1. The summed E-state index contributed by atoms with van der Waals surface area (Å²) in [6.45, 7) is 2.21. The molecule has 0 spiro atoms. The summed E-state index contributed by atoms with van der Waals surface area (Å²) in [6, 6.07) is 3.40. The van der Waals surface area contributed by atoms with Gasteiger partial charge in [-0.25, -0.2) is 0 Å². The highest BCUT2D eigenvalue weighted by molar-refractivity contribution is 6.33. The van der Waals surface area contributed by atoms with Crippen LogP contribution in [0.5, 0.6) is 5.75 Å². The number of benzene rings is 1. The normalized spacial score (nSPS) is 20.9. The lowest BCUT2D eigenvalue weighted by Crippen LogP contribution is -2.38. The van der Waals surface area contributed by atoms with Gasteiger partial charge in [-0.1, -0.05) is 37.8 Å². The first-order valence-corrected chi connectivity index (χ1v) is 7.86. The monoisotopic (exact) mass is 346 g/mol. The largest absolute Gasteiger partial charge is 0.496 e. The number of amides is 1.